The molecule has 1 aromatic rings. The Balaban J connectivity index is 2.35. The summed E-state index contributed by atoms with van der Waals surface area (Å²) in [6.45, 7) is 4.12. The topological polar surface area (TPSA) is 90.9 Å². The van der Waals surface area contributed by atoms with Crippen molar-refractivity contribution < 1.29 is 33.0 Å². The molecule has 7 nitrogen and oxygen atoms in total. The first-order valence-electron chi connectivity index (χ1n) is 6.96. The minimum atomic E-state index is -1.36. The van der Waals surface area contributed by atoms with Gasteiger partial charge in [-0.1, -0.05) is 0 Å². The largest absolute Gasteiger partial charge is 0.494 e. The first-order valence-corrected chi connectivity index (χ1v) is 6.96. The average molecular weight is 337 g/mol. The molecule has 24 heavy (non-hydrogen) atoms. The number of anilines is 1. The Morgan fingerprint density at radius 1 is 1.25 bits per heavy atom. The Labute approximate surface area is 137 Å². The quantitative estimate of drug-likeness (QED) is 0.390. The Bertz CT molecular complexity index is 731. The highest BCUT2D eigenvalue weighted by atomic mass is 19.1. The summed E-state index contributed by atoms with van der Waals surface area (Å²) in [7, 11) is 1.27. The van der Waals surface area contributed by atoms with Crippen molar-refractivity contribution in [3.05, 3.63) is 35.3 Å². The van der Waals surface area contributed by atoms with Crippen LogP contribution in [0.3, 0.4) is 0 Å². The Hall–Kier alpha value is -2.90. The maximum Gasteiger partial charge on any atom is 0.350 e. The molecule has 1 fully saturated rings. The third-order valence-electron chi connectivity index (χ3n) is 3.16. The molecule has 0 bridgehead atoms. The summed E-state index contributed by atoms with van der Waals surface area (Å²) in [4.78, 5) is 35.4. The number of benzene rings is 1. The fourth-order valence-electron chi connectivity index (χ4n) is 2.05. The lowest BCUT2D eigenvalue weighted by molar-refractivity contribution is -0.222. The number of hydrogen-bond acceptors (Lipinski definition) is 7. The van der Waals surface area contributed by atoms with E-state index in [9.17, 15) is 18.8 Å². The van der Waals surface area contributed by atoms with E-state index in [-0.39, 0.29) is 22.8 Å². The number of methoxy groups -OCH3 is 1. The van der Waals surface area contributed by atoms with Crippen LogP contribution in [0.5, 0.6) is 5.75 Å². The van der Waals surface area contributed by atoms with Gasteiger partial charge in [-0.05, 0) is 13.0 Å². The van der Waals surface area contributed by atoms with Crippen molar-refractivity contribution in [1.82, 2.24) is 0 Å². The van der Waals surface area contributed by atoms with E-state index in [0.29, 0.717) is 0 Å². The monoisotopic (exact) mass is 337 g/mol. The summed E-state index contributed by atoms with van der Waals surface area (Å²) in [5.74, 6) is -4.30. The van der Waals surface area contributed by atoms with Gasteiger partial charge in [0.15, 0.2) is 22.9 Å². The van der Waals surface area contributed by atoms with Crippen LogP contribution in [0.4, 0.5) is 10.1 Å². The molecule has 0 aliphatic carbocycles. The molecule has 1 aliphatic heterocycles. The SMILES string of the molecule is COc1cc(C(C)=O)c(NC=C2C(=O)OC(C)(C)OC2=O)cc1F. The molecule has 0 aromatic heterocycles. The molecule has 0 unspecified atom stereocenters. The van der Waals surface area contributed by atoms with Gasteiger partial charge in [0.2, 0.25) is 0 Å². The molecule has 1 aliphatic rings. The first-order chi connectivity index (χ1) is 11.1. The number of cyclic esters (lactones) is 2. The molecular weight excluding hydrogens is 321 g/mol. The van der Waals surface area contributed by atoms with E-state index in [2.05, 4.69) is 5.32 Å². The van der Waals surface area contributed by atoms with Crippen molar-refractivity contribution in [3.8, 4) is 5.75 Å². The highest BCUT2D eigenvalue weighted by Crippen LogP contribution is 2.27. The predicted molar refractivity (Wildman–Crippen MR) is 80.9 cm³/mol. The van der Waals surface area contributed by atoms with Crippen LogP contribution in [0.25, 0.3) is 0 Å². The number of nitrogens with one attached hydrogen (secondary N) is 1. The third kappa shape index (κ3) is 3.53. The number of ether oxygens (including phenoxy) is 3. The summed E-state index contributed by atoms with van der Waals surface area (Å²) >= 11 is 0. The number of hydrogen-bond donors (Lipinski definition) is 1. The van der Waals surface area contributed by atoms with Gasteiger partial charge in [0.1, 0.15) is 0 Å². The molecule has 0 saturated carbocycles. The highest BCUT2D eigenvalue weighted by Gasteiger charge is 2.39. The molecule has 0 amide bonds. The van der Waals surface area contributed by atoms with Gasteiger partial charge in [0, 0.05) is 31.7 Å². The molecule has 128 valence electrons. The van der Waals surface area contributed by atoms with E-state index < -0.39 is 29.1 Å². The Morgan fingerprint density at radius 3 is 2.33 bits per heavy atom. The number of Topliss-reactive ketones (excluding diaryl/α,β-unsaturated/α-hetero) is 1. The number of esters is 2. The number of carbonyl (C=O) groups is 3. The number of carbonyl (C=O) groups excluding carboxylic acids is 3. The molecule has 2 rings (SSSR count). The maximum atomic E-state index is 13.8. The van der Waals surface area contributed by atoms with Crippen molar-refractivity contribution in [2.75, 3.05) is 12.4 Å². The van der Waals surface area contributed by atoms with Crippen LogP contribution in [-0.4, -0.2) is 30.6 Å². The molecule has 8 heteroatoms. The normalized spacial score (nSPS) is 16.1. The zero-order valence-corrected chi connectivity index (χ0v) is 13.6. The Morgan fingerprint density at radius 2 is 1.83 bits per heavy atom. The van der Waals surface area contributed by atoms with Crippen LogP contribution in [0.15, 0.2) is 23.9 Å². The van der Waals surface area contributed by atoms with Gasteiger partial charge in [-0.25, -0.2) is 14.0 Å². The van der Waals surface area contributed by atoms with Gasteiger partial charge in [-0.15, -0.1) is 0 Å². The maximum absolute atomic E-state index is 13.8. The van der Waals surface area contributed by atoms with Crippen LogP contribution in [-0.2, 0) is 19.1 Å². The molecule has 1 saturated heterocycles. The molecule has 1 heterocycles. The minimum absolute atomic E-state index is 0.0683. The minimum Gasteiger partial charge on any atom is -0.494 e. The van der Waals surface area contributed by atoms with Gasteiger partial charge in [0.05, 0.1) is 12.8 Å². The van der Waals surface area contributed by atoms with Crippen molar-refractivity contribution in [2.45, 2.75) is 26.6 Å². The number of halogens is 1. The molecule has 0 spiro atoms. The summed E-state index contributed by atoms with van der Waals surface area (Å²) in [5.41, 5.74) is -0.207. The number of rotatable bonds is 4. The van der Waals surface area contributed by atoms with E-state index in [1.54, 1.807) is 0 Å². The Kier molecular flexibility index (Phi) is 4.59. The lowest BCUT2D eigenvalue weighted by Gasteiger charge is -2.29. The summed E-state index contributed by atoms with van der Waals surface area (Å²) < 4.78 is 28.5. The van der Waals surface area contributed by atoms with Crippen LogP contribution in [0.2, 0.25) is 0 Å². The van der Waals surface area contributed by atoms with E-state index in [4.69, 9.17) is 14.2 Å². The third-order valence-corrected chi connectivity index (χ3v) is 3.16. The lowest BCUT2D eigenvalue weighted by atomic mass is 10.1. The second kappa shape index (κ2) is 6.31. The standard InChI is InChI=1S/C16H16FNO6/c1-8(19)9-5-13(22-4)11(17)6-12(9)18-7-10-14(20)23-16(2,3)24-15(10)21/h5-7,18H,1-4H3. The zero-order valence-electron chi connectivity index (χ0n) is 13.6. The van der Waals surface area contributed by atoms with Gasteiger partial charge in [0.25, 0.3) is 5.79 Å². The van der Waals surface area contributed by atoms with E-state index >= 15 is 0 Å². The van der Waals surface area contributed by atoms with E-state index in [0.717, 1.165) is 12.3 Å². The molecule has 0 radical (unpaired) electrons. The summed E-state index contributed by atoms with van der Waals surface area (Å²) in [5, 5.41) is 2.56. The zero-order chi connectivity index (χ0) is 18.1. The summed E-state index contributed by atoms with van der Waals surface area (Å²) in [6, 6.07) is 2.25. The van der Waals surface area contributed by atoms with Gasteiger partial charge >= 0.3 is 11.9 Å². The fourth-order valence-corrected chi connectivity index (χ4v) is 2.05. The van der Waals surface area contributed by atoms with Gasteiger partial charge in [-0.2, -0.15) is 0 Å². The predicted octanol–water partition coefficient (Wildman–Crippen LogP) is 2.17. The molecule has 1 N–H and O–H groups in total. The molecule has 1 aromatic carbocycles. The molecule has 0 atom stereocenters. The van der Waals surface area contributed by atoms with Crippen molar-refractivity contribution in [3.63, 3.8) is 0 Å². The van der Waals surface area contributed by atoms with Crippen LogP contribution in [0.1, 0.15) is 31.1 Å². The second-order valence-corrected chi connectivity index (χ2v) is 5.47. The molecular formula is C16H16FNO6. The highest BCUT2D eigenvalue weighted by molar-refractivity contribution is 6.15. The van der Waals surface area contributed by atoms with Crippen molar-refractivity contribution in [2.24, 2.45) is 0 Å². The van der Waals surface area contributed by atoms with Crippen LogP contribution < -0.4 is 10.1 Å². The van der Waals surface area contributed by atoms with Crippen LogP contribution in [0, 0.1) is 5.82 Å². The van der Waals surface area contributed by atoms with E-state index in [1.165, 1.54) is 33.9 Å². The second-order valence-electron chi connectivity index (χ2n) is 5.47. The fraction of sp³-hybridized carbons (Fsp3) is 0.312. The first kappa shape index (κ1) is 17.5. The summed E-state index contributed by atoms with van der Waals surface area (Å²) in [6.07, 6.45) is 1.01. The van der Waals surface area contributed by atoms with Crippen molar-refractivity contribution in [1.29, 1.82) is 0 Å². The smallest absolute Gasteiger partial charge is 0.350 e. The van der Waals surface area contributed by atoms with Crippen LogP contribution >= 0.6 is 0 Å². The van der Waals surface area contributed by atoms with Gasteiger partial charge in [-0.3, -0.25) is 4.79 Å². The average Bonchev–Trinajstić information content (AvgIpc) is 2.44. The van der Waals surface area contributed by atoms with Gasteiger partial charge < -0.3 is 19.5 Å². The number of ketones is 1. The van der Waals surface area contributed by atoms with Crippen molar-refractivity contribution >= 4 is 23.4 Å². The lowest BCUT2D eigenvalue weighted by Crippen LogP contribution is -2.42. The van der Waals surface area contributed by atoms with E-state index in [1.807, 2.05) is 0 Å².